The van der Waals surface area contributed by atoms with Crippen molar-refractivity contribution in [3.05, 3.63) is 0 Å². The second-order valence-corrected chi connectivity index (χ2v) is 4.34. The van der Waals surface area contributed by atoms with Crippen molar-refractivity contribution in [2.75, 3.05) is 32.8 Å². The van der Waals surface area contributed by atoms with Gasteiger partial charge in [0.2, 0.25) is 0 Å². The Morgan fingerprint density at radius 3 is 2.69 bits per heavy atom. The molecule has 4 heteroatoms. The minimum Gasteiger partial charge on any atom is -0.368 e. The van der Waals surface area contributed by atoms with E-state index < -0.39 is 0 Å². The van der Waals surface area contributed by atoms with Crippen LogP contribution in [0.1, 0.15) is 27.2 Å². The van der Waals surface area contributed by atoms with Gasteiger partial charge in [0.05, 0.1) is 6.61 Å². The average molecular weight is 228 g/mol. The van der Waals surface area contributed by atoms with Gasteiger partial charge in [-0.05, 0) is 39.7 Å². The highest BCUT2D eigenvalue weighted by atomic mass is 16.5. The number of ether oxygens (including phenoxy) is 1. The van der Waals surface area contributed by atoms with Crippen LogP contribution in [-0.2, 0) is 9.53 Å². The highest BCUT2D eigenvalue weighted by Crippen LogP contribution is 2.09. The third-order valence-electron chi connectivity index (χ3n) is 3.17. The van der Waals surface area contributed by atoms with E-state index in [0.717, 1.165) is 32.6 Å². The van der Waals surface area contributed by atoms with Gasteiger partial charge < -0.3 is 15.0 Å². The van der Waals surface area contributed by atoms with Crippen molar-refractivity contribution in [1.82, 2.24) is 10.2 Å². The van der Waals surface area contributed by atoms with Crippen molar-refractivity contribution in [1.29, 1.82) is 0 Å². The maximum Gasteiger partial charge on any atom is 0.251 e. The van der Waals surface area contributed by atoms with E-state index in [9.17, 15) is 4.79 Å². The minimum atomic E-state index is -0.305. The molecule has 0 aliphatic carbocycles. The lowest BCUT2D eigenvalue weighted by molar-refractivity contribution is -0.142. The van der Waals surface area contributed by atoms with Gasteiger partial charge in [-0.25, -0.2) is 0 Å². The first-order valence-corrected chi connectivity index (χ1v) is 6.30. The summed E-state index contributed by atoms with van der Waals surface area (Å²) in [4.78, 5) is 13.7. The molecule has 0 radical (unpaired) electrons. The van der Waals surface area contributed by atoms with Crippen molar-refractivity contribution >= 4 is 5.91 Å². The van der Waals surface area contributed by atoms with Gasteiger partial charge in [0.15, 0.2) is 0 Å². The molecule has 0 aromatic carbocycles. The highest BCUT2D eigenvalue weighted by Gasteiger charge is 2.21. The number of nitrogens with one attached hydrogen (secondary N) is 1. The fraction of sp³-hybridized carbons (Fsp3) is 0.917. The fourth-order valence-corrected chi connectivity index (χ4v) is 2.00. The molecule has 0 bridgehead atoms. The van der Waals surface area contributed by atoms with Crippen LogP contribution in [0.5, 0.6) is 0 Å². The molecule has 0 aromatic heterocycles. The number of hydrogen-bond acceptors (Lipinski definition) is 3. The standard InChI is InChI=1S/C12H24N2O2/c1-4-14(5-2)12(15)10(3)16-9-11-6-7-13-8-11/h10-11,13H,4-9H2,1-3H3. The van der Waals surface area contributed by atoms with Crippen LogP contribution in [0.15, 0.2) is 0 Å². The number of rotatable bonds is 6. The predicted octanol–water partition coefficient (Wildman–Crippen LogP) is 0.869. The Kier molecular flexibility index (Phi) is 5.77. The number of amides is 1. The predicted molar refractivity (Wildman–Crippen MR) is 64.3 cm³/mol. The molecule has 1 aliphatic heterocycles. The van der Waals surface area contributed by atoms with E-state index in [0.29, 0.717) is 12.5 Å². The molecular formula is C12H24N2O2. The second kappa shape index (κ2) is 6.86. The first-order chi connectivity index (χ1) is 7.69. The molecule has 2 atom stereocenters. The van der Waals surface area contributed by atoms with Crippen LogP contribution in [0.3, 0.4) is 0 Å². The molecule has 16 heavy (non-hydrogen) atoms. The third kappa shape index (κ3) is 3.76. The monoisotopic (exact) mass is 228 g/mol. The van der Waals surface area contributed by atoms with Crippen LogP contribution < -0.4 is 5.32 Å². The number of hydrogen-bond donors (Lipinski definition) is 1. The Morgan fingerprint density at radius 1 is 1.50 bits per heavy atom. The second-order valence-electron chi connectivity index (χ2n) is 4.34. The first-order valence-electron chi connectivity index (χ1n) is 6.30. The minimum absolute atomic E-state index is 0.107. The molecule has 1 amide bonds. The van der Waals surface area contributed by atoms with Crippen molar-refractivity contribution in [3.63, 3.8) is 0 Å². The summed E-state index contributed by atoms with van der Waals surface area (Å²) in [5.74, 6) is 0.683. The van der Waals surface area contributed by atoms with Crippen molar-refractivity contribution in [3.8, 4) is 0 Å². The fourth-order valence-electron chi connectivity index (χ4n) is 2.00. The lowest BCUT2D eigenvalue weighted by Gasteiger charge is -2.23. The lowest BCUT2D eigenvalue weighted by Crippen LogP contribution is -2.39. The smallest absolute Gasteiger partial charge is 0.251 e. The summed E-state index contributed by atoms with van der Waals surface area (Å²) in [6.07, 6.45) is 0.854. The molecular weight excluding hydrogens is 204 g/mol. The topological polar surface area (TPSA) is 41.6 Å². The van der Waals surface area contributed by atoms with Crippen molar-refractivity contribution in [2.45, 2.75) is 33.3 Å². The Hall–Kier alpha value is -0.610. The molecule has 94 valence electrons. The number of likely N-dealkylation sites (N-methyl/N-ethyl adjacent to an activating group) is 1. The maximum absolute atomic E-state index is 11.9. The first kappa shape index (κ1) is 13.5. The third-order valence-corrected chi connectivity index (χ3v) is 3.17. The summed E-state index contributed by atoms with van der Waals surface area (Å²) < 4.78 is 5.64. The van der Waals surface area contributed by atoms with E-state index in [1.54, 1.807) is 0 Å². The molecule has 1 aliphatic rings. The normalized spacial score (nSPS) is 22.1. The zero-order valence-corrected chi connectivity index (χ0v) is 10.7. The van der Waals surface area contributed by atoms with Crippen LogP contribution in [0, 0.1) is 5.92 Å². The highest BCUT2D eigenvalue weighted by molar-refractivity contribution is 5.80. The number of carbonyl (C=O) groups is 1. The Labute approximate surface area is 98.3 Å². The Balaban J connectivity index is 2.27. The van der Waals surface area contributed by atoms with Crippen molar-refractivity contribution in [2.24, 2.45) is 5.92 Å². The Morgan fingerprint density at radius 2 is 2.19 bits per heavy atom. The number of nitrogens with zero attached hydrogens (tertiary/aromatic N) is 1. The van der Waals surface area contributed by atoms with E-state index in [1.807, 2.05) is 25.7 Å². The van der Waals surface area contributed by atoms with Gasteiger partial charge >= 0.3 is 0 Å². The SMILES string of the molecule is CCN(CC)C(=O)C(C)OCC1CCNC1. The van der Waals surface area contributed by atoms with Gasteiger partial charge in [-0.2, -0.15) is 0 Å². The van der Waals surface area contributed by atoms with Gasteiger partial charge in [-0.3, -0.25) is 4.79 Å². The molecule has 1 heterocycles. The van der Waals surface area contributed by atoms with E-state index in [4.69, 9.17) is 4.74 Å². The summed E-state index contributed by atoms with van der Waals surface area (Å²) in [5.41, 5.74) is 0. The largest absolute Gasteiger partial charge is 0.368 e. The van der Waals surface area contributed by atoms with Gasteiger partial charge in [0, 0.05) is 19.6 Å². The maximum atomic E-state index is 11.9. The van der Waals surface area contributed by atoms with Crippen molar-refractivity contribution < 1.29 is 9.53 Å². The molecule has 0 spiro atoms. The molecule has 0 aromatic rings. The van der Waals surface area contributed by atoms with Crippen LogP contribution >= 0.6 is 0 Å². The van der Waals surface area contributed by atoms with E-state index in [2.05, 4.69) is 5.32 Å². The van der Waals surface area contributed by atoms with E-state index in [1.165, 1.54) is 0 Å². The molecule has 0 saturated carbocycles. The zero-order chi connectivity index (χ0) is 12.0. The molecule has 1 rings (SSSR count). The van der Waals surface area contributed by atoms with Crippen LogP contribution in [0.4, 0.5) is 0 Å². The summed E-state index contributed by atoms with van der Waals surface area (Å²) >= 11 is 0. The van der Waals surface area contributed by atoms with Gasteiger partial charge in [0.25, 0.3) is 5.91 Å². The summed E-state index contributed by atoms with van der Waals surface area (Å²) in [6, 6.07) is 0. The van der Waals surface area contributed by atoms with Crippen LogP contribution in [0.2, 0.25) is 0 Å². The quantitative estimate of drug-likeness (QED) is 0.733. The summed E-state index contributed by atoms with van der Waals surface area (Å²) in [7, 11) is 0. The summed E-state index contributed by atoms with van der Waals surface area (Å²) in [6.45, 7) is 10.1. The Bertz CT molecular complexity index is 211. The van der Waals surface area contributed by atoms with Crippen LogP contribution in [0.25, 0.3) is 0 Å². The molecule has 1 saturated heterocycles. The van der Waals surface area contributed by atoms with E-state index in [-0.39, 0.29) is 12.0 Å². The lowest BCUT2D eigenvalue weighted by atomic mass is 10.1. The molecule has 4 nitrogen and oxygen atoms in total. The molecule has 1 N–H and O–H groups in total. The number of carbonyl (C=O) groups excluding carboxylic acids is 1. The van der Waals surface area contributed by atoms with Crippen LogP contribution in [-0.4, -0.2) is 49.7 Å². The summed E-state index contributed by atoms with van der Waals surface area (Å²) in [5, 5.41) is 3.30. The zero-order valence-electron chi connectivity index (χ0n) is 10.7. The average Bonchev–Trinajstić information content (AvgIpc) is 2.80. The van der Waals surface area contributed by atoms with E-state index >= 15 is 0 Å². The molecule has 2 unspecified atom stereocenters. The van der Waals surface area contributed by atoms with Gasteiger partial charge in [-0.15, -0.1) is 0 Å². The van der Waals surface area contributed by atoms with Gasteiger partial charge in [0.1, 0.15) is 6.10 Å². The molecule has 1 fully saturated rings. The van der Waals surface area contributed by atoms with Gasteiger partial charge in [-0.1, -0.05) is 0 Å².